The van der Waals surface area contributed by atoms with E-state index in [2.05, 4.69) is 0 Å². The average Bonchev–Trinajstić information content (AvgIpc) is 2.01. The lowest BCUT2D eigenvalue weighted by atomic mass is 10.5. The van der Waals surface area contributed by atoms with Crippen LogP contribution in [-0.2, 0) is 9.59 Å². The van der Waals surface area contributed by atoms with Crippen molar-refractivity contribution < 1.29 is 24.9 Å². The minimum atomic E-state index is -1.26. The number of hydrogen-bond donors (Lipinski definition) is 4. The zero-order valence-corrected chi connectivity index (χ0v) is 6.30. The fraction of sp³-hybridized carbons (Fsp3) is 0.333. The Bertz CT molecular complexity index is 147. The first-order chi connectivity index (χ1) is 5.54. The fourth-order valence-corrected chi connectivity index (χ4v) is 0.143. The van der Waals surface area contributed by atoms with Crippen molar-refractivity contribution in [3.63, 3.8) is 0 Å². The molecule has 0 aromatic rings. The standard InChI is InChI=1S/C4H4O4.C2H7NO/c5-3(6)1-2-4(7)8;3-1-2-4/h1-2H,(H,5,6)(H,7,8);4H,1-3H2. The molecular formula is C6H11NO5. The van der Waals surface area contributed by atoms with E-state index in [-0.39, 0.29) is 6.61 Å². The second-order valence-electron chi connectivity index (χ2n) is 1.52. The van der Waals surface area contributed by atoms with E-state index in [1.807, 2.05) is 0 Å². The summed E-state index contributed by atoms with van der Waals surface area (Å²) in [5.41, 5.74) is 4.78. The van der Waals surface area contributed by atoms with Crippen LogP contribution in [0.1, 0.15) is 0 Å². The maximum Gasteiger partial charge on any atom is 0.328 e. The summed E-state index contributed by atoms with van der Waals surface area (Å²) in [7, 11) is 0. The molecule has 0 atom stereocenters. The molecule has 0 aromatic heterocycles. The maximum atomic E-state index is 9.55. The highest BCUT2D eigenvalue weighted by molar-refractivity contribution is 5.89. The number of nitrogens with two attached hydrogens (primary N) is 1. The SMILES string of the molecule is NCCO.O=C(O)C=CC(=O)O. The zero-order chi connectivity index (χ0) is 9.98. The number of hydrogen-bond acceptors (Lipinski definition) is 4. The van der Waals surface area contributed by atoms with Crippen molar-refractivity contribution >= 4 is 11.9 Å². The molecule has 0 rings (SSSR count). The van der Waals surface area contributed by atoms with Crippen LogP contribution in [0.3, 0.4) is 0 Å². The molecule has 0 bridgehead atoms. The Hall–Kier alpha value is -1.40. The first kappa shape index (κ1) is 13.2. The highest BCUT2D eigenvalue weighted by Gasteiger charge is 1.88. The minimum Gasteiger partial charge on any atom is -0.478 e. The van der Waals surface area contributed by atoms with Crippen LogP contribution in [0, 0.1) is 0 Å². The van der Waals surface area contributed by atoms with Crippen LogP contribution in [0.5, 0.6) is 0 Å². The van der Waals surface area contributed by atoms with Crippen molar-refractivity contribution in [1.82, 2.24) is 0 Å². The largest absolute Gasteiger partial charge is 0.478 e. The van der Waals surface area contributed by atoms with Crippen molar-refractivity contribution in [2.45, 2.75) is 0 Å². The quantitative estimate of drug-likeness (QED) is 0.395. The predicted octanol–water partition coefficient (Wildman–Crippen LogP) is -1.35. The molecule has 0 aliphatic rings. The van der Waals surface area contributed by atoms with Gasteiger partial charge in [-0.25, -0.2) is 9.59 Å². The third-order valence-corrected chi connectivity index (χ3v) is 0.498. The van der Waals surface area contributed by atoms with Crippen molar-refractivity contribution in [3.05, 3.63) is 12.2 Å². The van der Waals surface area contributed by atoms with E-state index in [4.69, 9.17) is 21.1 Å². The Labute approximate surface area is 68.9 Å². The second-order valence-corrected chi connectivity index (χ2v) is 1.52. The first-order valence-electron chi connectivity index (χ1n) is 2.99. The highest BCUT2D eigenvalue weighted by atomic mass is 16.4. The summed E-state index contributed by atoms with van der Waals surface area (Å²) in [5, 5.41) is 23.4. The Morgan fingerprint density at radius 3 is 1.50 bits per heavy atom. The van der Waals surface area contributed by atoms with Gasteiger partial charge in [-0.3, -0.25) is 0 Å². The van der Waals surface area contributed by atoms with E-state index in [9.17, 15) is 9.59 Å². The molecule has 0 aliphatic carbocycles. The summed E-state index contributed by atoms with van der Waals surface area (Å²) in [6.45, 7) is 0.472. The van der Waals surface area contributed by atoms with Gasteiger partial charge in [-0.2, -0.15) is 0 Å². The molecule has 0 unspecified atom stereocenters. The zero-order valence-electron chi connectivity index (χ0n) is 6.30. The number of carboxylic acid groups (broad SMARTS) is 2. The van der Waals surface area contributed by atoms with Gasteiger partial charge in [0.2, 0.25) is 0 Å². The van der Waals surface area contributed by atoms with Gasteiger partial charge >= 0.3 is 11.9 Å². The maximum absolute atomic E-state index is 9.55. The summed E-state index contributed by atoms with van der Waals surface area (Å²) in [6.07, 6.45) is 1.12. The minimum absolute atomic E-state index is 0.0972. The lowest BCUT2D eigenvalue weighted by Gasteiger charge is -1.74. The molecule has 0 aromatic carbocycles. The average molecular weight is 177 g/mol. The van der Waals surface area contributed by atoms with Gasteiger partial charge in [-0.05, 0) is 0 Å². The van der Waals surface area contributed by atoms with Gasteiger partial charge < -0.3 is 21.1 Å². The predicted molar refractivity (Wildman–Crippen MR) is 40.6 cm³/mol. The number of carboxylic acids is 2. The summed E-state index contributed by atoms with van der Waals surface area (Å²) in [4.78, 5) is 19.1. The molecule has 12 heavy (non-hydrogen) atoms. The number of rotatable bonds is 3. The molecule has 5 N–H and O–H groups in total. The van der Waals surface area contributed by atoms with Crippen LogP contribution in [0.15, 0.2) is 12.2 Å². The number of carbonyl (C=O) groups is 2. The van der Waals surface area contributed by atoms with E-state index in [1.165, 1.54) is 0 Å². The van der Waals surface area contributed by atoms with Crippen LogP contribution < -0.4 is 5.73 Å². The Morgan fingerprint density at radius 2 is 1.42 bits per heavy atom. The van der Waals surface area contributed by atoms with Gasteiger partial charge in [0.25, 0.3) is 0 Å². The van der Waals surface area contributed by atoms with E-state index in [0.717, 1.165) is 0 Å². The smallest absolute Gasteiger partial charge is 0.328 e. The molecule has 0 fully saturated rings. The topological polar surface area (TPSA) is 121 Å². The van der Waals surface area contributed by atoms with Gasteiger partial charge in [0.05, 0.1) is 6.61 Å². The van der Waals surface area contributed by atoms with E-state index < -0.39 is 11.9 Å². The van der Waals surface area contributed by atoms with Crippen LogP contribution in [0.4, 0.5) is 0 Å². The van der Waals surface area contributed by atoms with Crippen LogP contribution in [-0.4, -0.2) is 40.4 Å². The molecule has 0 saturated carbocycles. The summed E-state index contributed by atoms with van der Waals surface area (Å²) < 4.78 is 0. The normalized spacial score (nSPS) is 8.83. The molecule has 6 heteroatoms. The lowest BCUT2D eigenvalue weighted by molar-refractivity contribution is -0.134. The molecule has 0 spiro atoms. The molecule has 0 saturated heterocycles. The van der Waals surface area contributed by atoms with Crippen LogP contribution in [0.2, 0.25) is 0 Å². The number of aliphatic hydroxyl groups excluding tert-OH is 1. The van der Waals surface area contributed by atoms with Crippen LogP contribution in [0.25, 0.3) is 0 Å². The Kier molecular flexibility index (Phi) is 10.6. The van der Waals surface area contributed by atoms with Crippen molar-refractivity contribution in [2.75, 3.05) is 13.2 Å². The lowest BCUT2D eigenvalue weighted by Crippen LogP contribution is -2.02. The van der Waals surface area contributed by atoms with Crippen LogP contribution >= 0.6 is 0 Å². The first-order valence-corrected chi connectivity index (χ1v) is 2.99. The highest BCUT2D eigenvalue weighted by Crippen LogP contribution is 1.70. The van der Waals surface area contributed by atoms with Gasteiger partial charge in [-0.1, -0.05) is 0 Å². The van der Waals surface area contributed by atoms with Crippen molar-refractivity contribution in [3.8, 4) is 0 Å². The Balaban J connectivity index is 0. The summed E-state index contributed by atoms with van der Waals surface area (Å²) in [6, 6.07) is 0. The van der Waals surface area contributed by atoms with E-state index >= 15 is 0 Å². The molecule has 0 radical (unpaired) electrons. The molecule has 6 nitrogen and oxygen atoms in total. The molecule has 0 aliphatic heterocycles. The van der Waals surface area contributed by atoms with Gasteiger partial charge in [-0.15, -0.1) is 0 Å². The number of aliphatic hydroxyl groups is 1. The Morgan fingerprint density at radius 1 is 1.17 bits per heavy atom. The molecule has 70 valence electrons. The number of aliphatic carboxylic acids is 2. The third-order valence-electron chi connectivity index (χ3n) is 0.498. The fourth-order valence-electron chi connectivity index (χ4n) is 0.143. The van der Waals surface area contributed by atoms with Crippen molar-refractivity contribution in [1.29, 1.82) is 0 Å². The molecule has 0 amide bonds. The monoisotopic (exact) mass is 177 g/mol. The van der Waals surface area contributed by atoms with Gasteiger partial charge in [0.1, 0.15) is 0 Å². The summed E-state index contributed by atoms with van der Waals surface area (Å²) in [5.74, 6) is -2.51. The van der Waals surface area contributed by atoms with E-state index in [0.29, 0.717) is 18.7 Å². The van der Waals surface area contributed by atoms with Crippen molar-refractivity contribution in [2.24, 2.45) is 5.73 Å². The summed E-state index contributed by atoms with van der Waals surface area (Å²) >= 11 is 0. The van der Waals surface area contributed by atoms with E-state index in [1.54, 1.807) is 0 Å². The molecule has 0 heterocycles. The van der Waals surface area contributed by atoms with Gasteiger partial charge in [0, 0.05) is 18.7 Å². The second kappa shape index (κ2) is 9.60. The molecular weight excluding hydrogens is 166 g/mol. The third kappa shape index (κ3) is 23.5. The van der Waals surface area contributed by atoms with Gasteiger partial charge in [0.15, 0.2) is 0 Å².